The fourth-order valence-corrected chi connectivity index (χ4v) is 6.18. The normalized spacial score (nSPS) is 20.1. The van der Waals surface area contributed by atoms with Crippen molar-refractivity contribution in [1.82, 2.24) is 0 Å². The number of anilines is 2. The second-order valence-electron chi connectivity index (χ2n) is 9.87. The molecule has 212 valence electrons. The van der Waals surface area contributed by atoms with E-state index < -0.39 is 44.9 Å². The Bertz CT molecular complexity index is 1810. The molecule has 2 fully saturated rings. The number of rotatable bonds is 7. The number of non-ortho nitro benzene ring substituents is 1. The van der Waals surface area contributed by atoms with Gasteiger partial charge in [-0.25, -0.2) is 9.96 Å². The first kappa shape index (κ1) is 27.1. The molecule has 0 bridgehead atoms. The number of carbonyl (C=O) groups is 2. The van der Waals surface area contributed by atoms with Gasteiger partial charge in [-0.15, -0.1) is 0 Å². The van der Waals surface area contributed by atoms with Crippen LogP contribution in [0.2, 0.25) is 0 Å². The van der Waals surface area contributed by atoms with Crippen molar-refractivity contribution < 1.29 is 32.0 Å². The summed E-state index contributed by atoms with van der Waals surface area (Å²) in [5.41, 5.74) is 1.87. The zero-order valence-electron chi connectivity index (χ0n) is 22.1. The molecule has 0 spiro atoms. The highest BCUT2D eigenvalue weighted by atomic mass is 32.2. The van der Waals surface area contributed by atoms with E-state index in [9.17, 15) is 28.1 Å². The number of imide groups is 1. The van der Waals surface area contributed by atoms with Crippen LogP contribution in [0.15, 0.2) is 108 Å². The van der Waals surface area contributed by atoms with Crippen molar-refractivity contribution >= 4 is 39.0 Å². The van der Waals surface area contributed by atoms with Crippen LogP contribution in [0, 0.1) is 23.0 Å². The van der Waals surface area contributed by atoms with Gasteiger partial charge >= 0.3 is 10.1 Å². The van der Waals surface area contributed by atoms with E-state index >= 15 is 0 Å². The maximum Gasteiger partial charge on any atom is 0.339 e. The van der Waals surface area contributed by atoms with Crippen molar-refractivity contribution in [3.63, 3.8) is 0 Å². The van der Waals surface area contributed by atoms with Crippen molar-refractivity contribution in [1.29, 1.82) is 0 Å². The molecule has 6 rings (SSSR count). The molecule has 12 heteroatoms. The summed E-state index contributed by atoms with van der Waals surface area (Å²) >= 11 is 0. The van der Waals surface area contributed by atoms with Crippen LogP contribution in [0.3, 0.4) is 0 Å². The number of carbonyl (C=O) groups excluding carboxylic acids is 2. The van der Waals surface area contributed by atoms with Gasteiger partial charge in [0.1, 0.15) is 16.6 Å². The Labute approximate surface area is 240 Å². The van der Waals surface area contributed by atoms with E-state index in [2.05, 4.69) is 0 Å². The Balaban J connectivity index is 1.38. The Kier molecular flexibility index (Phi) is 6.71. The third-order valence-electron chi connectivity index (χ3n) is 7.13. The predicted octanol–water partition coefficient (Wildman–Crippen LogP) is 4.72. The molecule has 3 atom stereocenters. The summed E-state index contributed by atoms with van der Waals surface area (Å²) in [5.74, 6) is -1.99. The van der Waals surface area contributed by atoms with Gasteiger partial charge in [-0.05, 0) is 60.5 Å². The van der Waals surface area contributed by atoms with E-state index in [1.54, 1.807) is 54.6 Å². The first-order chi connectivity index (χ1) is 20.1. The summed E-state index contributed by atoms with van der Waals surface area (Å²) in [6, 6.07) is 25.5. The maximum atomic E-state index is 13.8. The second kappa shape index (κ2) is 10.4. The molecular weight excluding hydrogens is 562 g/mol. The summed E-state index contributed by atoms with van der Waals surface area (Å²) < 4.78 is 30.7. The molecule has 0 N–H and O–H groups in total. The van der Waals surface area contributed by atoms with E-state index in [0.717, 1.165) is 10.5 Å². The predicted molar refractivity (Wildman–Crippen MR) is 151 cm³/mol. The minimum atomic E-state index is -4.09. The first-order valence-electron chi connectivity index (χ1n) is 12.9. The number of hydrogen-bond acceptors (Lipinski definition) is 9. The molecule has 2 saturated heterocycles. The van der Waals surface area contributed by atoms with Crippen LogP contribution < -0.4 is 14.1 Å². The quantitative estimate of drug-likeness (QED) is 0.131. The van der Waals surface area contributed by atoms with Gasteiger partial charge in [-0.3, -0.25) is 24.5 Å². The third-order valence-corrected chi connectivity index (χ3v) is 8.39. The number of nitro benzene ring substituents is 1. The Morgan fingerprint density at radius 3 is 2.21 bits per heavy atom. The standard InChI is InChI=1S/C30H23N3O8S/c1-19-7-5-8-21(17-19)31-29(34)26-27(32(40-28(26)30(31)35)22-9-6-10-23(18-22)33(36)37)20-13-15-24(16-14-20)41-42(38,39)25-11-3-2-4-12-25/h2-18,26-28H,1H3/t26-,27+,28+/m0/s1. The number of hydrogen-bond donors (Lipinski definition) is 0. The van der Waals surface area contributed by atoms with Crippen LogP contribution in [0.5, 0.6) is 5.75 Å². The van der Waals surface area contributed by atoms with Gasteiger partial charge in [-0.2, -0.15) is 8.42 Å². The molecule has 0 radical (unpaired) electrons. The van der Waals surface area contributed by atoms with Crippen molar-refractivity contribution in [2.45, 2.75) is 24.0 Å². The summed E-state index contributed by atoms with van der Waals surface area (Å²) in [7, 11) is -4.09. The molecule has 0 saturated carbocycles. The van der Waals surface area contributed by atoms with Crippen molar-refractivity contribution in [2.24, 2.45) is 5.92 Å². The lowest BCUT2D eigenvalue weighted by Gasteiger charge is -2.28. The van der Waals surface area contributed by atoms with Gasteiger partial charge in [-0.1, -0.05) is 48.5 Å². The molecule has 42 heavy (non-hydrogen) atoms. The van der Waals surface area contributed by atoms with Gasteiger partial charge in [0.05, 0.1) is 22.3 Å². The molecule has 2 aliphatic heterocycles. The number of fused-ring (bicyclic) bond motifs is 1. The van der Waals surface area contributed by atoms with Crippen molar-refractivity contribution in [3.8, 4) is 5.75 Å². The fourth-order valence-electron chi connectivity index (χ4n) is 5.22. The van der Waals surface area contributed by atoms with Gasteiger partial charge in [0.15, 0.2) is 6.10 Å². The topological polar surface area (TPSA) is 136 Å². The number of nitro groups is 1. The van der Waals surface area contributed by atoms with E-state index in [0.29, 0.717) is 11.3 Å². The summed E-state index contributed by atoms with van der Waals surface area (Å²) in [6.07, 6.45) is -1.18. The van der Waals surface area contributed by atoms with E-state index in [1.165, 1.54) is 47.5 Å². The molecular formula is C30H23N3O8S. The lowest BCUT2D eigenvalue weighted by molar-refractivity contribution is -0.384. The molecule has 11 nitrogen and oxygen atoms in total. The highest BCUT2D eigenvalue weighted by Gasteiger charge is 2.60. The summed E-state index contributed by atoms with van der Waals surface area (Å²) in [4.78, 5) is 45.5. The maximum absolute atomic E-state index is 13.8. The van der Waals surface area contributed by atoms with Gasteiger partial charge in [0, 0.05) is 12.1 Å². The Hall–Kier alpha value is -5.07. The van der Waals surface area contributed by atoms with Gasteiger partial charge in [0.2, 0.25) is 5.91 Å². The Morgan fingerprint density at radius 2 is 1.52 bits per heavy atom. The summed E-state index contributed by atoms with van der Waals surface area (Å²) in [6.45, 7) is 1.85. The number of aryl methyl sites for hydroxylation is 1. The molecule has 2 heterocycles. The van der Waals surface area contributed by atoms with Gasteiger partial charge in [0.25, 0.3) is 11.6 Å². The van der Waals surface area contributed by atoms with Crippen LogP contribution in [0.25, 0.3) is 0 Å². The van der Waals surface area contributed by atoms with Crippen molar-refractivity contribution in [3.05, 3.63) is 124 Å². The summed E-state index contributed by atoms with van der Waals surface area (Å²) in [5, 5.41) is 12.8. The number of amides is 2. The van der Waals surface area contributed by atoms with Crippen LogP contribution in [-0.4, -0.2) is 31.3 Å². The van der Waals surface area contributed by atoms with E-state index in [4.69, 9.17) is 9.02 Å². The number of nitrogens with zero attached hydrogens (tertiary/aromatic N) is 3. The van der Waals surface area contributed by atoms with Crippen LogP contribution in [0.1, 0.15) is 17.2 Å². The third kappa shape index (κ3) is 4.76. The fraction of sp³-hybridized carbons (Fsp3) is 0.133. The molecule has 0 unspecified atom stereocenters. The monoisotopic (exact) mass is 585 g/mol. The molecule has 4 aromatic carbocycles. The first-order valence-corrected chi connectivity index (χ1v) is 14.3. The zero-order chi connectivity index (χ0) is 29.6. The Morgan fingerprint density at radius 1 is 0.833 bits per heavy atom. The van der Waals surface area contributed by atoms with Gasteiger partial charge < -0.3 is 4.18 Å². The molecule has 2 aliphatic rings. The lowest BCUT2D eigenvalue weighted by atomic mass is 9.90. The highest BCUT2D eigenvalue weighted by Crippen LogP contribution is 2.48. The average Bonchev–Trinajstić information content (AvgIpc) is 3.49. The highest BCUT2D eigenvalue weighted by molar-refractivity contribution is 7.87. The smallest absolute Gasteiger partial charge is 0.339 e. The molecule has 4 aromatic rings. The zero-order valence-corrected chi connectivity index (χ0v) is 22.9. The van der Waals surface area contributed by atoms with Crippen LogP contribution >= 0.6 is 0 Å². The van der Waals surface area contributed by atoms with Crippen molar-refractivity contribution in [2.75, 3.05) is 9.96 Å². The van der Waals surface area contributed by atoms with E-state index in [1.807, 2.05) is 13.0 Å². The second-order valence-corrected chi connectivity index (χ2v) is 11.4. The average molecular weight is 586 g/mol. The number of benzene rings is 4. The SMILES string of the molecule is Cc1cccc(N2C(=O)[C@H]3[C@@H](c4ccc(OS(=O)(=O)c5ccccc5)cc4)N(c4cccc([N+](=O)[O-])c4)O[C@H]3C2=O)c1. The van der Waals surface area contributed by atoms with Crippen LogP contribution in [-0.2, 0) is 24.5 Å². The molecule has 2 amide bonds. The molecule has 0 aliphatic carbocycles. The lowest BCUT2D eigenvalue weighted by Crippen LogP contribution is -2.37. The number of hydroxylamine groups is 1. The van der Waals surface area contributed by atoms with E-state index in [-0.39, 0.29) is 22.0 Å². The molecule has 0 aromatic heterocycles. The van der Waals surface area contributed by atoms with Crippen LogP contribution in [0.4, 0.5) is 17.1 Å². The minimum absolute atomic E-state index is 0.00994. The minimum Gasteiger partial charge on any atom is -0.379 e. The largest absolute Gasteiger partial charge is 0.379 e.